The zero-order valence-electron chi connectivity index (χ0n) is 16.0. The largest absolute Gasteiger partial charge is 0.495 e. The van der Waals surface area contributed by atoms with Crippen molar-refractivity contribution >= 4 is 15.9 Å². The Morgan fingerprint density at radius 2 is 1.41 bits per heavy atom. The van der Waals surface area contributed by atoms with Crippen LogP contribution in [-0.2, 0) is 23.1 Å². The molecule has 7 heteroatoms. The Hall–Kier alpha value is -3.16. The van der Waals surface area contributed by atoms with Crippen LogP contribution in [0.5, 0.6) is 5.75 Å². The molecule has 29 heavy (non-hydrogen) atoms. The molecule has 0 heterocycles. The van der Waals surface area contributed by atoms with Gasteiger partial charge in [-0.25, -0.2) is 8.42 Å². The van der Waals surface area contributed by atoms with E-state index in [1.807, 2.05) is 60.7 Å². The van der Waals surface area contributed by atoms with Crippen molar-refractivity contribution in [1.29, 1.82) is 0 Å². The number of primary amides is 1. The monoisotopic (exact) mass is 410 g/mol. The number of methoxy groups -OCH3 is 1. The lowest BCUT2D eigenvalue weighted by atomic mass is 10.2. The first-order valence-corrected chi connectivity index (χ1v) is 10.4. The molecule has 0 fully saturated rings. The third-order valence-electron chi connectivity index (χ3n) is 4.47. The minimum atomic E-state index is -4.00. The van der Waals surface area contributed by atoms with Crippen molar-refractivity contribution < 1.29 is 17.9 Å². The predicted octanol–water partition coefficient (Wildman–Crippen LogP) is 3.19. The number of nitrogens with two attached hydrogens (primary N) is 1. The lowest BCUT2D eigenvalue weighted by molar-refractivity contribution is 0.1000. The van der Waals surface area contributed by atoms with Crippen LogP contribution < -0.4 is 10.5 Å². The number of hydrogen-bond donors (Lipinski definition) is 1. The summed E-state index contributed by atoms with van der Waals surface area (Å²) in [4.78, 5) is 11.5. The third-order valence-corrected chi connectivity index (χ3v) is 6.28. The lowest BCUT2D eigenvalue weighted by Gasteiger charge is -2.24. The summed E-state index contributed by atoms with van der Waals surface area (Å²) in [5, 5.41) is 0. The van der Waals surface area contributed by atoms with Gasteiger partial charge in [-0.15, -0.1) is 0 Å². The van der Waals surface area contributed by atoms with E-state index in [1.54, 1.807) is 0 Å². The van der Waals surface area contributed by atoms with E-state index in [4.69, 9.17) is 10.5 Å². The molecule has 0 saturated heterocycles. The van der Waals surface area contributed by atoms with Gasteiger partial charge in [-0.1, -0.05) is 60.7 Å². The van der Waals surface area contributed by atoms with Crippen molar-refractivity contribution in [3.05, 3.63) is 95.6 Å². The predicted molar refractivity (Wildman–Crippen MR) is 111 cm³/mol. The second kappa shape index (κ2) is 8.89. The number of carbonyl (C=O) groups excluding carboxylic acids is 1. The summed E-state index contributed by atoms with van der Waals surface area (Å²) < 4.78 is 33.8. The summed E-state index contributed by atoms with van der Waals surface area (Å²) in [5.74, 6) is -0.553. The number of benzene rings is 3. The van der Waals surface area contributed by atoms with Gasteiger partial charge in [-0.3, -0.25) is 4.79 Å². The molecule has 6 nitrogen and oxygen atoms in total. The van der Waals surface area contributed by atoms with Gasteiger partial charge in [-0.2, -0.15) is 4.31 Å². The van der Waals surface area contributed by atoms with E-state index in [1.165, 1.54) is 29.6 Å². The molecule has 1 amide bonds. The first-order chi connectivity index (χ1) is 13.9. The van der Waals surface area contributed by atoms with Crippen LogP contribution in [0.1, 0.15) is 21.5 Å². The van der Waals surface area contributed by atoms with Gasteiger partial charge in [0, 0.05) is 18.7 Å². The second-order valence-electron chi connectivity index (χ2n) is 6.47. The number of hydrogen-bond acceptors (Lipinski definition) is 4. The fourth-order valence-corrected chi connectivity index (χ4v) is 4.57. The highest BCUT2D eigenvalue weighted by molar-refractivity contribution is 7.89. The number of carbonyl (C=O) groups is 1. The summed E-state index contributed by atoms with van der Waals surface area (Å²) >= 11 is 0. The molecular weight excluding hydrogens is 388 g/mol. The molecule has 0 aliphatic rings. The molecule has 3 aromatic rings. The third kappa shape index (κ3) is 4.82. The lowest BCUT2D eigenvalue weighted by Crippen LogP contribution is -2.31. The van der Waals surface area contributed by atoms with Crippen LogP contribution in [0.3, 0.4) is 0 Å². The molecule has 3 rings (SSSR count). The van der Waals surface area contributed by atoms with Crippen molar-refractivity contribution in [2.45, 2.75) is 18.0 Å². The standard InChI is InChI=1S/C22H22N2O4S/c1-28-20-13-12-19(22(23)25)14-21(20)29(26,27)24(15-17-8-4-2-5-9-17)16-18-10-6-3-7-11-18/h2-14H,15-16H2,1H3,(H2,23,25). The van der Waals surface area contributed by atoms with E-state index < -0.39 is 15.9 Å². The van der Waals surface area contributed by atoms with Crippen LogP contribution in [0.15, 0.2) is 83.8 Å². The van der Waals surface area contributed by atoms with Crippen molar-refractivity contribution in [3.63, 3.8) is 0 Å². The van der Waals surface area contributed by atoms with E-state index >= 15 is 0 Å². The molecule has 0 aromatic heterocycles. The Labute approximate surface area is 170 Å². The van der Waals surface area contributed by atoms with E-state index in [2.05, 4.69) is 0 Å². The summed E-state index contributed by atoms with van der Waals surface area (Å²) in [6.45, 7) is 0.337. The maximum absolute atomic E-state index is 13.6. The fraction of sp³-hybridized carbons (Fsp3) is 0.136. The van der Waals surface area contributed by atoms with Gasteiger partial charge in [0.05, 0.1) is 7.11 Å². The van der Waals surface area contributed by atoms with E-state index in [0.29, 0.717) is 0 Å². The van der Waals surface area contributed by atoms with Gasteiger partial charge in [0.25, 0.3) is 0 Å². The Balaban J connectivity index is 2.08. The van der Waals surface area contributed by atoms with Crippen LogP contribution in [0.2, 0.25) is 0 Å². The van der Waals surface area contributed by atoms with Gasteiger partial charge >= 0.3 is 0 Å². The first kappa shape index (κ1) is 20.6. The maximum Gasteiger partial charge on any atom is 0.248 e. The molecule has 0 bridgehead atoms. The van der Waals surface area contributed by atoms with Crippen LogP contribution >= 0.6 is 0 Å². The van der Waals surface area contributed by atoms with Gasteiger partial charge in [0.15, 0.2) is 0 Å². The van der Waals surface area contributed by atoms with E-state index in [-0.39, 0.29) is 29.3 Å². The SMILES string of the molecule is COc1ccc(C(N)=O)cc1S(=O)(=O)N(Cc1ccccc1)Cc1ccccc1. The summed E-state index contributed by atoms with van der Waals surface area (Å²) in [6.07, 6.45) is 0. The molecule has 3 aromatic carbocycles. The number of ether oxygens (including phenoxy) is 1. The average molecular weight is 410 g/mol. The van der Waals surface area contributed by atoms with Gasteiger partial charge in [0.1, 0.15) is 10.6 Å². The van der Waals surface area contributed by atoms with Crippen molar-refractivity contribution in [2.24, 2.45) is 5.73 Å². The molecule has 0 spiro atoms. The molecule has 150 valence electrons. The molecule has 0 unspecified atom stereocenters. The van der Waals surface area contributed by atoms with Gasteiger partial charge in [0.2, 0.25) is 15.9 Å². The highest BCUT2D eigenvalue weighted by Gasteiger charge is 2.29. The molecule has 0 radical (unpaired) electrons. The molecule has 0 atom stereocenters. The molecule has 0 aliphatic carbocycles. The van der Waals surface area contributed by atoms with Gasteiger partial charge < -0.3 is 10.5 Å². The fourth-order valence-electron chi connectivity index (χ4n) is 2.97. The molecule has 2 N–H and O–H groups in total. The number of sulfonamides is 1. The van der Waals surface area contributed by atoms with Crippen LogP contribution in [0.4, 0.5) is 0 Å². The summed E-state index contributed by atoms with van der Waals surface area (Å²) in [7, 11) is -2.61. The smallest absolute Gasteiger partial charge is 0.248 e. The van der Waals surface area contributed by atoms with Crippen LogP contribution in [-0.4, -0.2) is 25.7 Å². The Bertz CT molecular complexity index is 1040. The van der Waals surface area contributed by atoms with Crippen LogP contribution in [0.25, 0.3) is 0 Å². The normalized spacial score (nSPS) is 11.4. The topological polar surface area (TPSA) is 89.7 Å². The Morgan fingerprint density at radius 1 is 0.897 bits per heavy atom. The van der Waals surface area contributed by atoms with Gasteiger partial charge in [-0.05, 0) is 29.3 Å². The first-order valence-electron chi connectivity index (χ1n) is 8.97. The van der Waals surface area contributed by atoms with Crippen molar-refractivity contribution in [2.75, 3.05) is 7.11 Å². The second-order valence-corrected chi connectivity index (χ2v) is 8.38. The van der Waals surface area contributed by atoms with Crippen LogP contribution in [0, 0.1) is 0 Å². The Kier molecular flexibility index (Phi) is 6.31. The van der Waals surface area contributed by atoms with E-state index in [0.717, 1.165) is 11.1 Å². The Morgan fingerprint density at radius 3 is 1.86 bits per heavy atom. The van der Waals surface area contributed by atoms with Crippen molar-refractivity contribution in [1.82, 2.24) is 4.31 Å². The summed E-state index contributed by atoms with van der Waals surface area (Å²) in [6, 6.07) is 22.8. The minimum absolute atomic E-state index is 0.0943. The quantitative estimate of drug-likeness (QED) is 0.618. The highest BCUT2D eigenvalue weighted by Crippen LogP contribution is 2.30. The zero-order chi connectivity index (χ0) is 20.9. The molecular formula is C22H22N2O4S. The zero-order valence-corrected chi connectivity index (χ0v) is 16.8. The number of nitrogens with zero attached hydrogens (tertiary/aromatic N) is 1. The average Bonchev–Trinajstić information content (AvgIpc) is 2.74. The van der Waals surface area contributed by atoms with E-state index in [9.17, 15) is 13.2 Å². The molecule has 0 aliphatic heterocycles. The number of rotatable bonds is 8. The number of amides is 1. The maximum atomic E-state index is 13.6. The minimum Gasteiger partial charge on any atom is -0.495 e. The highest BCUT2D eigenvalue weighted by atomic mass is 32.2. The summed E-state index contributed by atoms with van der Waals surface area (Å²) in [5.41, 5.74) is 7.14. The van der Waals surface area contributed by atoms with Crippen molar-refractivity contribution in [3.8, 4) is 5.75 Å². The molecule has 0 saturated carbocycles.